The van der Waals surface area contributed by atoms with Crippen LogP contribution >= 0.6 is 23.1 Å². The third kappa shape index (κ3) is 5.33. The van der Waals surface area contributed by atoms with Crippen LogP contribution in [0.15, 0.2) is 22.3 Å². The summed E-state index contributed by atoms with van der Waals surface area (Å²) in [6.45, 7) is 3.19. The van der Waals surface area contributed by atoms with Crippen molar-refractivity contribution in [3.63, 3.8) is 0 Å². The summed E-state index contributed by atoms with van der Waals surface area (Å²) in [6.07, 6.45) is 2.79. The molecule has 34 heavy (non-hydrogen) atoms. The Morgan fingerprint density at radius 2 is 2.06 bits per heavy atom. The van der Waals surface area contributed by atoms with Gasteiger partial charge in [0, 0.05) is 11.1 Å². The Kier molecular flexibility index (Phi) is 8.50. The lowest BCUT2D eigenvalue weighted by molar-refractivity contribution is -0.170. The van der Waals surface area contributed by atoms with Gasteiger partial charge in [0.2, 0.25) is 6.79 Å². The van der Waals surface area contributed by atoms with Crippen LogP contribution in [0.3, 0.4) is 0 Å². The first-order valence-electron chi connectivity index (χ1n) is 10.4. The third-order valence-corrected chi connectivity index (χ3v) is 7.07. The van der Waals surface area contributed by atoms with Gasteiger partial charge < -0.3 is 25.4 Å². The van der Waals surface area contributed by atoms with E-state index in [2.05, 4.69) is 15.5 Å². The van der Waals surface area contributed by atoms with Crippen LogP contribution in [-0.4, -0.2) is 70.4 Å². The lowest BCUT2D eigenvalue weighted by Crippen LogP contribution is -2.70. The molecular weight excluding hydrogens is 486 g/mol. The van der Waals surface area contributed by atoms with Crippen molar-refractivity contribution in [2.75, 3.05) is 25.4 Å². The summed E-state index contributed by atoms with van der Waals surface area (Å²) in [5, 5.41) is 7.59. The van der Waals surface area contributed by atoms with Crippen molar-refractivity contribution in [2.24, 2.45) is 11.1 Å². The summed E-state index contributed by atoms with van der Waals surface area (Å²) >= 11 is 2.50. The molecule has 1 fully saturated rings. The smallest absolute Gasteiger partial charge is 0.357 e. The molecule has 0 aromatic carbocycles. The van der Waals surface area contributed by atoms with Gasteiger partial charge >= 0.3 is 11.9 Å². The molecule has 12 nitrogen and oxygen atoms in total. The second-order valence-electron chi connectivity index (χ2n) is 7.19. The van der Waals surface area contributed by atoms with E-state index in [1.165, 1.54) is 23.8 Å². The van der Waals surface area contributed by atoms with E-state index in [-0.39, 0.29) is 28.2 Å². The number of nitrogen functional groups attached to an aromatic ring is 1. The normalized spacial score (nSPS) is 19.6. The topological polar surface area (TPSA) is 163 Å². The highest BCUT2D eigenvalue weighted by Gasteiger charge is 2.53. The maximum absolute atomic E-state index is 12.8. The van der Waals surface area contributed by atoms with Crippen molar-refractivity contribution in [1.82, 2.24) is 15.2 Å². The van der Waals surface area contributed by atoms with Gasteiger partial charge in [-0.3, -0.25) is 19.3 Å². The molecule has 2 aliphatic heterocycles. The zero-order valence-corrected chi connectivity index (χ0v) is 20.4. The number of aromatic nitrogens is 1. The third-order valence-electron chi connectivity index (χ3n) is 5.21. The molecule has 0 aliphatic carbocycles. The molecule has 0 bridgehead atoms. The number of anilines is 1. The van der Waals surface area contributed by atoms with Crippen LogP contribution in [-0.2, 0) is 33.5 Å². The van der Waals surface area contributed by atoms with Crippen LogP contribution in [0.5, 0.6) is 0 Å². The first kappa shape index (κ1) is 25.5. The molecule has 2 unspecified atom stereocenters. The van der Waals surface area contributed by atoms with Crippen LogP contribution in [0, 0.1) is 5.92 Å². The number of ether oxygens (including phenoxy) is 2. The molecule has 2 amide bonds. The number of nitrogens with one attached hydrogen (secondary N) is 1. The van der Waals surface area contributed by atoms with Crippen molar-refractivity contribution < 1.29 is 33.5 Å². The maximum Gasteiger partial charge on any atom is 0.357 e. The Balaban J connectivity index is 1.59. The number of nitrogens with zero attached hydrogens (tertiary/aromatic N) is 3. The largest absolute Gasteiger partial charge is 0.428 e. The molecule has 2 aliphatic rings. The molecule has 3 rings (SSSR count). The van der Waals surface area contributed by atoms with Crippen LogP contribution in [0.4, 0.5) is 5.13 Å². The van der Waals surface area contributed by atoms with Gasteiger partial charge in [0.05, 0.1) is 5.92 Å². The fourth-order valence-corrected chi connectivity index (χ4v) is 5.13. The van der Waals surface area contributed by atoms with E-state index in [1.807, 2.05) is 13.8 Å². The van der Waals surface area contributed by atoms with Gasteiger partial charge in [0.15, 0.2) is 10.8 Å². The van der Waals surface area contributed by atoms with E-state index in [1.54, 1.807) is 11.5 Å². The fourth-order valence-electron chi connectivity index (χ4n) is 3.39. The Hall–Kier alpha value is -3.13. The number of hydrogen-bond donors (Lipinski definition) is 2. The molecule has 3 heterocycles. The van der Waals surface area contributed by atoms with Crippen LogP contribution < -0.4 is 11.1 Å². The Bertz CT molecular complexity index is 1020. The van der Waals surface area contributed by atoms with Gasteiger partial charge in [-0.2, -0.15) is 0 Å². The van der Waals surface area contributed by atoms with E-state index in [0.717, 1.165) is 11.3 Å². The molecule has 0 saturated carbocycles. The van der Waals surface area contributed by atoms with Gasteiger partial charge in [-0.1, -0.05) is 19.0 Å². The minimum absolute atomic E-state index is 0.0379. The average molecular weight is 512 g/mol. The first-order valence-corrected chi connectivity index (χ1v) is 12.4. The minimum Gasteiger partial charge on any atom is -0.428 e. The van der Waals surface area contributed by atoms with Gasteiger partial charge in [-0.25, -0.2) is 9.78 Å². The highest BCUT2D eigenvalue weighted by Crippen LogP contribution is 2.37. The monoisotopic (exact) mass is 511 g/mol. The number of rotatable bonds is 10. The van der Waals surface area contributed by atoms with Crippen LogP contribution in [0.25, 0.3) is 0 Å². The molecule has 184 valence electrons. The zero-order valence-electron chi connectivity index (χ0n) is 18.8. The lowest BCUT2D eigenvalue weighted by Gasteiger charge is -2.48. The van der Waals surface area contributed by atoms with E-state index >= 15 is 0 Å². The number of amides is 2. The number of hydrogen-bond acceptors (Lipinski definition) is 12. The van der Waals surface area contributed by atoms with Crippen molar-refractivity contribution in [2.45, 2.75) is 38.1 Å². The number of carbonyl (C=O) groups excluding carboxylic acids is 4. The Morgan fingerprint density at radius 1 is 1.32 bits per heavy atom. The van der Waals surface area contributed by atoms with Gasteiger partial charge in [-0.15, -0.1) is 23.1 Å². The highest BCUT2D eigenvalue weighted by molar-refractivity contribution is 8.00. The summed E-state index contributed by atoms with van der Waals surface area (Å²) < 4.78 is 10.1. The molecule has 0 radical (unpaired) electrons. The molecular formula is C20H25N5O7S2. The first-order chi connectivity index (χ1) is 16.3. The van der Waals surface area contributed by atoms with E-state index in [4.69, 9.17) is 20.0 Å². The number of fused-ring (bicyclic) bond motifs is 1. The number of thioether (sulfide) groups is 1. The van der Waals surface area contributed by atoms with Gasteiger partial charge in [0.1, 0.15) is 29.9 Å². The number of oxime groups is 1. The second kappa shape index (κ2) is 11.3. The quantitative estimate of drug-likeness (QED) is 0.151. The van der Waals surface area contributed by atoms with Crippen molar-refractivity contribution in [1.29, 1.82) is 0 Å². The van der Waals surface area contributed by atoms with Gasteiger partial charge in [-0.05, 0) is 18.9 Å². The van der Waals surface area contributed by atoms with E-state index in [9.17, 15) is 19.2 Å². The molecule has 1 aromatic rings. The predicted octanol–water partition coefficient (Wildman–Crippen LogP) is 0.840. The number of nitrogens with two attached hydrogens (primary N) is 1. The maximum atomic E-state index is 12.8. The number of carbonyl (C=O) groups is 4. The highest BCUT2D eigenvalue weighted by atomic mass is 32.2. The Morgan fingerprint density at radius 3 is 2.68 bits per heavy atom. The lowest BCUT2D eigenvalue weighted by atomic mass is 10.0. The summed E-state index contributed by atoms with van der Waals surface area (Å²) in [7, 11) is 1.28. The molecule has 3 N–H and O–H groups in total. The van der Waals surface area contributed by atoms with Gasteiger partial charge in [0.25, 0.3) is 11.8 Å². The van der Waals surface area contributed by atoms with E-state index < -0.39 is 42.0 Å². The molecule has 1 aromatic heterocycles. The summed E-state index contributed by atoms with van der Waals surface area (Å²) in [5.41, 5.74) is 5.75. The summed E-state index contributed by atoms with van der Waals surface area (Å²) in [5.74, 6) is -2.24. The number of β-lactam (4-membered cyclic amide) rings is 1. The fraction of sp³-hybridized carbons (Fsp3) is 0.500. The number of thiazole rings is 1. The summed E-state index contributed by atoms with van der Waals surface area (Å²) in [6, 6.07) is -0.889. The molecule has 14 heteroatoms. The van der Waals surface area contributed by atoms with Crippen molar-refractivity contribution >= 4 is 57.7 Å². The molecule has 2 atom stereocenters. The molecule has 1 saturated heterocycles. The number of esters is 2. The Labute approximate surface area is 203 Å². The molecule has 0 spiro atoms. The second-order valence-corrected chi connectivity index (χ2v) is 9.23. The zero-order chi connectivity index (χ0) is 24.8. The van der Waals surface area contributed by atoms with Crippen molar-refractivity contribution in [3.05, 3.63) is 22.8 Å². The minimum atomic E-state index is -0.889. The van der Waals surface area contributed by atoms with Crippen molar-refractivity contribution in [3.8, 4) is 0 Å². The average Bonchev–Trinajstić information content (AvgIpc) is 3.26. The van der Waals surface area contributed by atoms with Crippen LogP contribution in [0.1, 0.15) is 32.4 Å². The predicted molar refractivity (Wildman–Crippen MR) is 124 cm³/mol. The van der Waals surface area contributed by atoms with E-state index in [0.29, 0.717) is 18.6 Å². The summed E-state index contributed by atoms with van der Waals surface area (Å²) in [4.78, 5) is 60.0. The van der Waals surface area contributed by atoms with Crippen LogP contribution in [0.2, 0.25) is 0 Å². The standard InChI is InChI=1S/C20H25N5O7S2/c1-4-10(5-2)18(28)31-9-32-19(29)12-6-7-33-17-14(16(27)25(12)17)23-15(26)13(24-30-3)11-8-34-20(21)22-11/h6,8,10,14,17H,4-5,7,9H2,1-3H3,(H2,21,22)(H,23,26)/b24-13+. The SMILES string of the molecule is CCC(CC)C(=O)OCOC(=O)C1=CCSC2C(NC(=O)/C(=N/OC)c3csc(N)n3)C(=O)N12.